The van der Waals surface area contributed by atoms with Crippen molar-refractivity contribution in [1.82, 2.24) is 0 Å². The first-order valence-electron chi connectivity index (χ1n) is 8.90. The van der Waals surface area contributed by atoms with Gasteiger partial charge in [0, 0.05) is 11.1 Å². The quantitative estimate of drug-likeness (QED) is 0.575. The first-order valence-corrected chi connectivity index (χ1v) is 8.90. The van der Waals surface area contributed by atoms with Gasteiger partial charge in [-0.25, -0.2) is 0 Å². The van der Waals surface area contributed by atoms with Gasteiger partial charge in [-0.2, -0.15) is 0 Å². The third kappa shape index (κ3) is 3.35. The number of para-hydroxylation sites is 1. The molecule has 0 amide bonds. The molecule has 0 aliphatic carbocycles. The lowest BCUT2D eigenvalue weighted by Gasteiger charge is -2.48. The fourth-order valence-corrected chi connectivity index (χ4v) is 3.50. The Hall–Kier alpha value is -2.66. The van der Waals surface area contributed by atoms with Crippen molar-refractivity contribution in [1.29, 1.82) is 0 Å². The van der Waals surface area contributed by atoms with Crippen LogP contribution in [0.3, 0.4) is 0 Å². The van der Waals surface area contributed by atoms with Crippen molar-refractivity contribution in [2.75, 3.05) is 19.8 Å². The van der Waals surface area contributed by atoms with E-state index in [4.69, 9.17) is 4.74 Å². The minimum absolute atomic E-state index is 0.462. The molecule has 4 nitrogen and oxygen atoms in total. The van der Waals surface area contributed by atoms with Gasteiger partial charge in [-0.15, -0.1) is 0 Å². The molecular formula is C23H24O4. The summed E-state index contributed by atoms with van der Waals surface area (Å²) in [5.41, 5.74) is -1.19. The fraction of sp³-hybridized carbons (Fsp3) is 0.217. The maximum absolute atomic E-state index is 10.3. The summed E-state index contributed by atoms with van der Waals surface area (Å²) in [7, 11) is 0. The Bertz CT molecular complexity index is 767. The van der Waals surface area contributed by atoms with Gasteiger partial charge in [0.25, 0.3) is 0 Å². The highest BCUT2D eigenvalue weighted by Gasteiger charge is 2.55. The molecule has 0 spiro atoms. The Kier molecular flexibility index (Phi) is 5.91. The summed E-state index contributed by atoms with van der Waals surface area (Å²) >= 11 is 0. The van der Waals surface area contributed by atoms with Crippen LogP contribution in [0.2, 0.25) is 0 Å². The van der Waals surface area contributed by atoms with Gasteiger partial charge in [0.05, 0.1) is 25.2 Å². The summed E-state index contributed by atoms with van der Waals surface area (Å²) in [5.74, 6) is 0.574. The molecular weight excluding hydrogens is 340 g/mol. The molecule has 27 heavy (non-hydrogen) atoms. The summed E-state index contributed by atoms with van der Waals surface area (Å²) in [6.45, 7) is -1.39. The highest BCUT2D eigenvalue weighted by Crippen LogP contribution is 2.48. The molecule has 3 aromatic rings. The number of hydrogen-bond donors (Lipinski definition) is 3. The molecule has 4 heteroatoms. The van der Waals surface area contributed by atoms with Gasteiger partial charge in [-0.05, 0) is 12.1 Å². The van der Waals surface area contributed by atoms with E-state index in [0.717, 1.165) is 11.1 Å². The molecule has 3 N–H and O–H groups in total. The SMILES string of the molecule is OCC(CO)(CO)C(Oc1ccccc1)(c1ccccc1)c1ccccc1. The molecule has 0 aliphatic heterocycles. The molecule has 0 unspecified atom stereocenters. The average Bonchev–Trinajstić information content (AvgIpc) is 2.76. The second-order valence-electron chi connectivity index (χ2n) is 6.58. The molecule has 0 fully saturated rings. The van der Waals surface area contributed by atoms with E-state index in [9.17, 15) is 15.3 Å². The number of aliphatic hydroxyl groups is 3. The molecule has 0 heterocycles. The van der Waals surface area contributed by atoms with E-state index >= 15 is 0 Å². The Balaban J connectivity index is 2.34. The van der Waals surface area contributed by atoms with Gasteiger partial charge >= 0.3 is 0 Å². The molecule has 3 rings (SSSR count). The Morgan fingerprint density at radius 1 is 0.556 bits per heavy atom. The number of benzene rings is 3. The van der Waals surface area contributed by atoms with Gasteiger partial charge in [0.15, 0.2) is 5.60 Å². The Morgan fingerprint density at radius 2 is 0.926 bits per heavy atom. The summed E-state index contributed by atoms with van der Waals surface area (Å²) in [6.07, 6.45) is 0. The minimum Gasteiger partial charge on any atom is -0.477 e. The minimum atomic E-state index is -1.36. The predicted molar refractivity (Wildman–Crippen MR) is 104 cm³/mol. The first-order chi connectivity index (χ1) is 13.2. The smallest absolute Gasteiger partial charge is 0.171 e. The van der Waals surface area contributed by atoms with Crippen LogP contribution in [-0.2, 0) is 5.60 Å². The number of ether oxygens (including phenoxy) is 1. The molecule has 0 radical (unpaired) electrons. The first kappa shape index (κ1) is 19.1. The van der Waals surface area contributed by atoms with Crippen molar-refractivity contribution in [3.8, 4) is 5.75 Å². The highest BCUT2D eigenvalue weighted by atomic mass is 16.5. The van der Waals surface area contributed by atoms with Crippen LogP contribution in [0.15, 0.2) is 91.0 Å². The van der Waals surface area contributed by atoms with Gasteiger partial charge in [0.1, 0.15) is 5.75 Å². The van der Waals surface area contributed by atoms with Crippen molar-refractivity contribution in [3.63, 3.8) is 0 Å². The lowest BCUT2D eigenvalue weighted by Crippen LogP contribution is -2.57. The Morgan fingerprint density at radius 3 is 1.30 bits per heavy atom. The van der Waals surface area contributed by atoms with E-state index in [1.54, 1.807) is 0 Å². The summed E-state index contributed by atoms with van der Waals surface area (Å²) < 4.78 is 6.53. The maximum Gasteiger partial charge on any atom is 0.171 e. The van der Waals surface area contributed by atoms with Gasteiger partial charge < -0.3 is 20.1 Å². The fourth-order valence-electron chi connectivity index (χ4n) is 3.50. The van der Waals surface area contributed by atoms with E-state index in [0.29, 0.717) is 5.75 Å². The van der Waals surface area contributed by atoms with E-state index in [-0.39, 0.29) is 0 Å². The third-order valence-electron chi connectivity index (χ3n) is 5.03. The zero-order chi connectivity index (χ0) is 19.2. The van der Waals surface area contributed by atoms with Crippen LogP contribution in [-0.4, -0.2) is 35.1 Å². The molecule has 0 bridgehead atoms. The average molecular weight is 364 g/mol. The van der Waals surface area contributed by atoms with Crippen molar-refractivity contribution < 1.29 is 20.1 Å². The predicted octanol–water partition coefficient (Wildman–Crippen LogP) is 2.97. The van der Waals surface area contributed by atoms with Gasteiger partial charge in [-0.1, -0.05) is 78.9 Å². The third-order valence-corrected chi connectivity index (χ3v) is 5.03. The van der Waals surface area contributed by atoms with Crippen LogP contribution < -0.4 is 4.74 Å². The Labute approximate surface area is 159 Å². The summed E-state index contributed by atoms with van der Waals surface area (Å²) in [5, 5.41) is 30.9. The molecule has 0 aromatic heterocycles. The number of hydrogen-bond acceptors (Lipinski definition) is 4. The van der Waals surface area contributed by atoms with Crippen LogP contribution in [0.25, 0.3) is 0 Å². The zero-order valence-corrected chi connectivity index (χ0v) is 15.0. The monoisotopic (exact) mass is 364 g/mol. The lowest BCUT2D eigenvalue weighted by molar-refractivity contribution is -0.121. The normalized spacial score (nSPS) is 12.0. The standard InChI is InChI=1S/C23H24O4/c24-16-22(17-25,18-26)23(19-10-4-1-5-11-19,20-12-6-2-7-13-20)27-21-14-8-3-9-15-21/h1-15,24-26H,16-18H2. The second kappa shape index (κ2) is 8.35. The molecule has 3 aromatic carbocycles. The largest absolute Gasteiger partial charge is 0.477 e. The zero-order valence-electron chi connectivity index (χ0n) is 15.0. The van der Waals surface area contributed by atoms with E-state index in [1.165, 1.54) is 0 Å². The van der Waals surface area contributed by atoms with Crippen molar-refractivity contribution in [2.24, 2.45) is 5.41 Å². The molecule has 0 aliphatic rings. The summed E-state index contributed by atoms with van der Waals surface area (Å²) in [6, 6.07) is 28.0. The van der Waals surface area contributed by atoms with Crippen LogP contribution in [0.5, 0.6) is 5.75 Å². The van der Waals surface area contributed by atoms with Crippen LogP contribution >= 0.6 is 0 Å². The molecule has 140 valence electrons. The van der Waals surface area contributed by atoms with E-state index < -0.39 is 30.8 Å². The van der Waals surface area contributed by atoms with Gasteiger partial charge in [0.2, 0.25) is 0 Å². The van der Waals surface area contributed by atoms with Gasteiger partial charge in [-0.3, -0.25) is 0 Å². The maximum atomic E-state index is 10.3. The van der Waals surface area contributed by atoms with Crippen LogP contribution in [0, 0.1) is 5.41 Å². The van der Waals surface area contributed by atoms with E-state index in [1.807, 2.05) is 91.0 Å². The van der Waals surface area contributed by atoms with Crippen LogP contribution in [0.1, 0.15) is 11.1 Å². The molecule has 0 saturated heterocycles. The van der Waals surface area contributed by atoms with E-state index in [2.05, 4.69) is 0 Å². The second-order valence-corrected chi connectivity index (χ2v) is 6.58. The van der Waals surface area contributed by atoms with Crippen molar-refractivity contribution >= 4 is 0 Å². The van der Waals surface area contributed by atoms with Crippen molar-refractivity contribution in [2.45, 2.75) is 5.60 Å². The van der Waals surface area contributed by atoms with Crippen molar-refractivity contribution in [3.05, 3.63) is 102 Å². The number of rotatable bonds is 8. The highest BCUT2D eigenvalue weighted by molar-refractivity contribution is 5.42. The molecule has 0 saturated carbocycles. The van der Waals surface area contributed by atoms with Crippen LogP contribution in [0.4, 0.5) is 0 Å². The molecule has 0 atom stereocenters. The topological polar surface area (TPSA) is 69.9 Å². The summed E-state index contributed by atoms with van der Waals surface area (Å²) in [4.78, 5) is 0. The number of aliphatic hydroxyl groups excluding tert-OH is 3. The lowest BCUT2D eigenvalue weighted by atomic mass is 9.65.